The van der Waals surface area contributed by atoms with Gasteiger partial charge in [-0.3, -0.25) is 9.59 Å². The summed E-state index contributed by atoms with van der Waals surface area (Å²) in [7, 11) is 3.03. The largest absolute Gasteiger partial charge is 0.497 e. The SMILES string of the molecule is COc1cccc(NC(=O)COc2cc(C=O)c(Br)cc2OC)c1. The number of amides is 1. The third kappa shape index (κ3) is 4.48. The van der Waals surface area contributed by atoms with Gasteiger partial charge in [-0.25, -0.2) is 0 Å². The Bertz CT molecular complexity index is 748. The first-order valence-corrected chi connectivity index (χ1v) is 7.76. The molecule has 7 heteroatoms. The molecule has 0 bridgehead atoms. The maximum absolute atomic E-state index is 12.0. The lowest BCUT2D eigenvalue weighted by Crippen LogP contribution is -2.20. The van der Waals surface area contributed by atoms with E-state index in [0.29, 0.717) is 39.3 Å². The van der Waals surface area contributed by atoms with Gasteiger partial charge in [-0.15, -0.1) is 0 Å². The minimum absolute atomic E-state index is 0.229. The number of hydrogen-bond acceptors (Lipinski definition) is 5. The lowest BCUT2D eigenvalue weighted by Gasteiger charge is -2.12. The highest BCUT2D eigenvalue weighted by molar-refractivity contribution is 9.10. The summed E-state index contributed by atoms with van der Waals surface area (Å²) in [6, 6.07) is 10.1. The summed E-state index contributed by atoms with van der Waals surface area (Å²) in [5.74, 6) is 1.02. The van der Waals surface area contributed by atoms with Crippen LogP contribution in [0.2, 0.25) is 0 Å². The van der Waals surface area contributed by atoms with Crippen molar-refractivity contribution < 1.29 is 23.8 Å². The van der Waals surface area contributed by atoms with E-state index < -0.39 is 0 Å². The van der Waals surface area contributed by atoms with Gasteiger partial charge < -0.3 is 19.5 Å². The molecule has 0 radical (unpaired) electrons. The van der Waals surface area contributed by atoms with Gasteiger partial charge >= 0.3 is 0 Å². The van der Waals surface area contributed by atoms with E-state index in [4.69, 9.17) is 14.2 Å². The molecule has 1 amide bonds. The van der Waals surface area contributed by atoms with Crippen LogP contribution in [0, 0.1) is 0 Å². The first-order valence-electron chi connectivity index (χ1n) is 6.96. The number of anilines is 1. The Morgan fingerprint density at radius 3 is 2.62 bits per heavy atom. The molecular weight excluding hydrogens is 378 g/mol. The quantitative estimate of drug-likeness (QED) is 0.730. The van der Waals surface area contributed by atoms with Crippen molar-refractivity contribution in [3.8, 4) is 17.2 Å². The highest BCUT2D eigenvalue weighted by Gasteiger charge is 2.12. The molecule has 0 aliphatic heterocycles. The molecule has 2 rings (SSSR count). The van der Waals surface area contributed by atoms with E-state index in [1.54, 1.807) is 37.4 Å². The molecule has 2 aromatic rings. The van der Waals surface area contributed by atoms with Gasteiger partial charge in [0.15, 0.2) is 24.4 Å². The Hall–Kier alpha value is -2.54. The van der Waals surface area contributed by atoms with E-state index in [0.717, 1.165) is 0 Å². The maximum atomic E-state index is 12.0. The van der Waals surface area contributed by atoms with Crippen molar-refractivity contribution in [1.82, 2.24) is 0 Å². The van der Waals surface area contributed by atoms with Crippen LogP contribution in [0.1, 0.15) is 10.4 Å². The topological polar surface area (TPSA) is 73.9 Å². The van der Waals surface area contributed by atoms with Gasteiger partial charge in [-0.2, -0.15) is 0 Å². The Morgan fingerprint density at radius 1 is 1.17 bits per heavy atom. The average molecular weight is 394 g/mol. The molecule has 0 saturated heterocycles. The maximum Gasteiger partial charge on any atom is 0.262 e. The van der Waals surface area contributed by atoms with E-state index in [2.05, 4.69) is 21.2 Å². The van der Waals surface area contributed by atoms with Crippen LogP contribution in [0.25, 0.3) is 0 Å². The molecule has 2 aromatic carbocycles. The number of methoxy groups -OCH3 is 2. The summed E-state index contributed by atoms with van der Waals surface area (Å²) in [5.41, 5.74) is 0.998. The number of carbonyl (C=O) groups excluding carboxylic acids is 2. The number of carbonyl (C=O) groups is 2. The Morgan fingerprint density at radius 2 is 1.96 bits per heavy atom. The smallest absolute Gasteiger partial charge is 0.262 e. The number of aldehydes is 1. The molecule has 0 saturated carbocycles. The summed E-state index contributed by atoms with van der Waals surface area (Å²) >= 11 is 3.26. The van der Waals surface area contributed by atoms with Gasteiger partial charge in [-0.1, -0.05) is 6.07 Å². The molecule has 6 nitrogen and oxygen atoms in total. The number of benzene rings is 2. The zero-order chi connectivity index (χ0) is 17.5. The molecule has 0 unspecified atom stereocenters. The Balaban J connectivity index is 2.04. The molecule has 0 aliphatic rings. The van der Waals surface area contributed by atoms with Crippen molar-refractivity contribution in [1.29, 1.82) is 0 Å². The van der Waals surface area contributed by atoms with Gasteiger partial charge in [0.2, 0.25) is 0 Å². The van der Waals surface area contributed by atoms with Crippen molar-refractivity contribution in [3.63, 3.8) is 0 Å². The summed E-state index contributed by atoms with van der Waals surface area (Å²) < 4.78 is 16.3. The zero-order valence-electron chi connectivity index (χ0n) is 13.2. The van der Waals surface area contributed by atoms with Gasteiger partial charge in [0.05, 0.1) is 14.2 Å². The normalized spacial score (nSPS) is 9.96. The first-order chi connectivity index (χ1) is 11.6. The van der Waals surface area contributed by atoms with Gasteiger partial charge in [0.1, 0.15) is 5.75 Å². The number of nitrogens with one attached hydrogen (secondary N) is 1. The number of hydrogen-bond donors (Lipinski definition) is 1. The Kier molecular flexibility index (Phi) is 6.20. The molecule has 0 aromatic heterocycles. The van der Waals surface area contributed by atoms with Crippen molar-refractivity contribution in [2.24, 2.45) is 0 Å². The first kappa shape index (κ1) is 17.8. The zero-order valence-corrected chi connectivity index (χ0v) is 14.8. The molecule has 1 N–H and O–H groups in total. The molecule has 24 heavy (non-hydrogen) atoms. The van der Waals surface area contributed by atoms with E-state index in [1.807, 2.05) is 0 Å². The van der Waals surface area contributed by atoms with Crippen molar-refractivity contribution in [2.45, 2.75) is 0 Å². The fourth-order valence-corrected chi connectivity index (χ4v) is 2.37. The highest BCUT2D eigenvalue weighted by Crippen LogP contribution is 2.32. The molecule has 0 heterocycles. The van der Waals surface area contributed by atoms with Crippen LogP contribution < -0.4 is 19.5 Å². The fraction of sp³-hybridized carbons (Fsp3) is 0.176. The van der Waals surface area contributed by atoms with Crippen LogP contribution in [-0.2, 0) is 4.79 Å². The van der Waals surface area contributed by atoms with Crippen LogP contribution >= 0.6 is 15.9 Å². The van der Waals surface area contributed by atoms with Crippen LogP contribution in [0.15, 0.2) is 40.9 Å². The standard InChI is InChI=1S/C17H16BrNO5/c1-22-13-5-3-4-12(7-13)19-17(21)10-24-16-6-11(9-20)14(18)8-15(16)23-2/h3-9H,10H2,1-2H3,(H,19,21). The molecule has 0 fully saturated rings. The van der Waals surface area contributed by atoms with E-state index in [1.165, 1.54) is 13.2 Å². The third-order valence-corrected chi connectivity index (χ3v) is 3.81. The second-order valence-electron chi connectivity index (χ2n) is 4.71. The molecule has 0 aliphatic carbocycles. The van der Waals surface area contributed by atoms with E-state index in [9.17, 15) is 9.59 Å². The van der Waals surface area contributed by atoms with Crippen LogP contribution in [-0.4, -0.2) is 33.0 Å². The van der Waals surface area contributed by atoms with Crippen LogP contribution in [0.4, 0.5) is 5.69 Å². The van der Waals surface area contributed by atoms with Gasteiger partial charge in [0.25, 0.3) is 5.91 Å². The second kappa shape index (κ2) is 8.35. The van der Waals surface area contributed by atoms with Crippen LogP contribution in [0.3, 0.4) is 0 Å². The van der Waals surface area contributed by atoms with Crippen LogP contribution in [0.5, 0.6) is 17.2 Å². The predicted octanol–water partition coefficient (Wildman–Crippen LogP) is 3.30. The molecule has 126 valence electrons. The summed E-state index contributed by atoms with van der Waals surface area (Å²) in [6.07, 6.45) is 0.687. The molecule has 0 spiro atoms. The number of halogens is 1. The lowest BCUT2D eigenvalue weighted by molar-refractivity contribution is -0.118. The second-order valence-corrected chi connectivity index (χ2v) is 5.57. The highest BCUT2D eigenvalue weighted by atomic mass is 79.9. The average Bonchev–Trinajstić information content (AvgIpc) is 2.60. The minimum atomic E-state index is -0.346. The van der Waals surface area contributed by atoms with Gasteiger partial charge in [0, 0.05) is 21.8 Å². The monoisotopic (exact) mass is 393 g/mol. The molecular formula is C17H16BrNO5. The summed E-state index contributed by atoms with van der Waals surface area (Å²) in [5, 5.41) is 2.70. The van der Waals surface area contributed by atoms with E-state index >= 15 is 0 Å². The molecule has 0 atom stereocenters. The van der Waals surface area contributed by atoms with Crippen molar-refractivity contribution in [2.75, 3.05) is 26.1 Å². The Labute approximate surface area is 147 Å². The predicted molar refractivity (Wildman–Crippen MR) is 93.2 cm³/mol. The summed E-state index contributed by atoms with van der Waals surface area (Å²) in [4.78, 5) is 23.0. The third-order valence-electron chi connectivity index (χ3n) is 3.12. The number of rotatable bonds is 7. The van der Waals surface area contributed by atoms with E-state index in [-0.39, 0.29) is 12.5 Å². The summed E-state index contributed by atoms with van der Waals surface area (Å²) in [6.45, 7) is -0.229. The van der Waals surface area contributed by atoms with Gasteiger partial charge in [-0.05, 0) is 40.2 Å². The van der Waals surface area contributed by atoms with Crippen molar-refractivity contribution in [3.05, 3.63) is 46.4 Å². The minimum Gasteiger partial charge on any atom is -0.497 e. The van der Waals surface area contributed by atoms with Crippen molar-refractivity contribution >= 4 is 33.8 Å². The number of ether oxygens (including phenoxy) is 3. The fourth-order valence-electron chi connectivity index (χ4n) is 1.95. The lowest BCUT2D eigenvalue weighted by atomic mass is 10.2.